The lowest BCUT2D eigenvalue weighted by molar-refractivity contribution is 0.984. The minimum atomic E-state index is 0.656. The van der Waals surface area contributed by atoms with Crippen LogP contribution in [0.3, 0.4) is 0 Å². The van der Waals surface area contributed by atoms with Gasteiger partial charge in [0.05, 0.1) is 0 Å². The van der Waals surface area contributed by atoms with Gasteiger partial charge in [-0.05, 0) is 31.4 Å². The minimum Gasteiger partial charge on any atom is -0.366 e. The molecule has 0 amide bonds. The maximum Gasteiger partial charge on any atom is 0.148 e. The highest BCUT2D eigenvalue weighted by Gasteiger charge is 2.08. The number of aryl methyl sites for hydroxylation is 2. The monoisotopic (exact) mass is 271 g/mol. The van der Waals surface area contributed by atoms with E-state index in [1.807, 2.05) is 13.8 Å². The average molecular weight is 271 g/mol. The Hall–Kier alpha value is -2.14. The zero-order chi connectivity index (χ0) is 14.5. The first-order valence-corrected chi connectivity index (χ1v) is 6.78. The van der Waals surface area contributed by atoms with E-state index in [0.29, 0.717) is 11.6 Å². The maximum absolute atomic E-state index is 5.47. The van der Waals surface area contributed by atoms with Gasteiger partial charge in [0.15, 0.2) is 0 Å². The fraction of sp³-hybridized carbons (Fsp3) is 0.333. The third-order valence-corrected chi connectivity index (χ3v) is 3.34. The number of rotatable bonds is 5. The van der Waals surface area contributed by atoms with Crippen LogP contribution in [-0.4, -0.2) is 9.97 Å². The molecule has 0 saturated carbocycles. The molecule has 1 heterocycles. The molecular formula is C15H21N5. The van der Waals surface area contributed by atoms with E-state index in [1.54, 1.807) is 0 Å². The molecule has 106 valence electrons. The van der Waals surface area contributed by atoms with Crippen molar-refractivity contribution >= 4 is 11.6 Å². The summed E-state index contributed by atoms with van der Waals surface area (Å²) in [4.78, 5) is 8.69. The number of nitrogens with two attached hydrogens (primary N) is 1. The lowest BCUT2D eigenvalue weighted by Gasteiger charge is -2.14. The summed E-state index contributed by atoms with van der Waals surface area (Å²) in [6, 6.07) is 8.42. The Morgan fingerprint density at radius 1 is 1.05 bits per heavy atom. The number of aromatic nitrogens is 2. The van der Waals surface area contributed by atoms with E-state index in [1.165, 1.54) is 11.1 Å². The van der Waals surface area contributed by atoms with Gasteiger partial charge in [0.2, 0.25) is 0 Å². The summed E-state index contributed by atoms with van der Waals surface area (Å²) in [5.74, 6) is 7.64. The number of nitrogens with one attached hydrogen (secondary N) is 2. The Labute approximate surface area is 119 Å². The van der Waals surface area contributed by atoms with Gasteiger partial charge in [-0.1, -0.05) is 31.2 Å². The van der Waals surface area contributed by atoms with Gasteiger partial charge in [-0.15, -0.1) is 0 Å². The Kier molecular flexibility index (Phi) is 4.53. The molecule has 0 aliphatic carbocycles. The second-order valence-electron chi connectivity index (χ2n) is 4.71. The SMILES string of the molecule is CCc1ccccc1CNc1nc(C)nc(NN)c1C. The molecule has 1 aromatic heterocycles. The van der Waals surface area contributed by atoms with Crippen LogP contribution in [0.15, 0.2) is 24.3 Å². The smallest absolute Gasteiger partial charge is 0.148 e. The van der Waals surface area contributed by atoms with Crippen molar-refractivity contribution in [2.75, 3.05) is 10.7 Å². The predicted octanol–water partition coefficient (Wildman–Crippen LogP) is 2.55. The van der Waals surface area contributed by atoms with Crippen molar-refractivity contribution < 1.29 is 0 Å². The van der Waals surface area contributed by atoms with Crippen molar-refractivity contribution in [3.63, 3.8) is 0 Å². The van der Waals surface area contributed by atoms with Crippen LogP contribution in [0.1, 0.15) is 29.4 Å². The van der Waals surface area contributed by atoms with Gasteiger partial charge >= 0.3 is 0 Å². The average Bonchev–Trinajstić information content (AvgIpc) is 2.48. The van der Waals surface area contributed by atoms with Crippen LogP contribution < -0.4 is 16.6 Å². The molecule has 0 atom stereocenters. The summed E-state index contributed by atoms with van der Waals surface area (Å²) in [5.41, 5.74) is 6.16. The second kappa shape index (κ2) is 6.34. The second-order valence-corrected chi connectivity index (χ2v) is 4.71. The Morgan fingerprint density at radius 3 is 2.35 bits per heavy atom. The van der Waals surface area contributed by atoms with Gasteiger partial charge in [-0.3, -0.25) is 0 Å². The van der Waals surface area contributed by atoms with Crippen LogP contribution in [-0.2, 0) is 13.0 Å². The molecule has 0 radical (unpaired) electrons. The quantitative estimate of drug-likeness (QED) is 0.575. The van der Waals surface area contributed by atoms with Crippen molar-refractivity contribution in [2.24, 2.45) is 5.84 Å². The van der Waals surface area contributed by atoms with Crippen molar-refractivity contribution in [3.05, 3.63) is 46.8 Å². The molecule has 5 heteroatoms. The molecule has 4 N–H and O–H groups in total. The Bertz CT molecular complexity index is 595. The number of hydrogen-bond acceptors (Lipinski definition) is 5. The van der Waals surface area contributed by atoms with Gasteiger partial charge in [0, 0.05) is 12.1 Å². The molecule has 0 spiro atoms. The highest BCUT2D eigenvalue weighted by Crippen LogP contribution is 2.20. The number of anilines is 2. The molecule has 20 heavy (non-hydrogen) atoms. The van der Waals surface area contributed by atoms with Crippen LogP contribution >= 0.6 is 0 Å². The van der Waals surface area contributed by atoms with Crippen molar-refractivity contribution in [3.8, 4) is 0 Å². The van der Waals surface area contributed by atoms with Crippen molar-refractivity contribution in [2.45, 2.75) is 33.7 Å². The minimum absolute atomic E-state index is 0.656. The number of hydrogen-bond donors (Lipinski definition) is 3. The molecule has 2 rings (SSSR count). The van der Waals surface area contributed by atoms with E-state index >= 15 is 0 Å². The Balaban J connectivity index is 2.21. The normalized spacial score (nSPS) is 10.4. The summed E-state index contributed by atoms with van der Waals surface area (Å²) < 4.78 is 0. The lowest BCUT2D eigenvalue weighted by atomic mass is 10.1. The molecule has 0 saturated heterocycles. The van der Waals surface area contributed by atoms with Gasteiger partial charge in [0.25, 0.3) is 0 Å². The van der Waals surface area contributed by atoms with E-state index < -0.39 is 0 Å². The fourth-order valence-electron chi connectivity index (χ4n) is 2.19. The van der Waals surface area contributed by atoms with Gasteiger partial charge in [0.1, 0.15) is 17.5 Å². The van der Waals surface area contributed by atoms with Crippen molar-refractivity contribution in [1.29, 1.82) is 0 Å². The van der Waals surface area contributed by atoms with E-state index in [4.69, 9.17) is 5.84 Å². The molecule has 0 bridgehead atoms. The maximum atomic E-state index is 5.47. The zero-order valence-electron chi connectivity index (χ0n) is 12.2. The fourth-order valence-corrected chi connectivity index (χ4v) is 2.19. The third kappa shape index (κ3) is 3.05. The summed E-state index contributed by atoms with van der Waals surface area (Å²) in [5, 5.41) is 3.37. The standard InChI is InChI=1S/C15H21N5/c1-4-12-7-5-6-8-13(12)9-17-14-10(2)15(20-16)19-11(3)18-14/h5-8H,4,9,16H2,1-3H3,(H2,17,18,19,20). The Morgan fingerprint density at radius 2 is 1.70 bits per heavy atom. The number of nitrogens with zero attached hydrogens (tertiary/aromatic N) is 2. The van der Waals surface area contributed by atoms with Gasteiger partial charge in [-0.25, -0.2) is 15.8 Å². The van der Waals surface area contributed by atoms with Crippen LogP contribution in [0.25, 0.3) is 0 Å². The first kappa shape index (κ1) is 14.3. The topological polar surface area (TPSA) is 75.9 Å². The first-order valence-electron chi connectivity index (χ1n) is 6.78. The first-order chi connectivity index (χ1) is 9.65. The van der Waals surface area contributed by atoms with Crippen LogP contribution in [0, 0.1) is 13.8 Å². The van der Waals surface area contributed by atoms with Gasteiger partial charge in [-0.2, -0.15) is 0 Å². The summed E-state index contributed by atoms with van der Waals surface area (Å²) in [6.07, 6.45) is 1.02. The van der Waals surface area contributed by atoms with E-state index in [9.17, 15) is 0 Å². The zero-order valence-corrected chi connectivity index (χ0v) is 12.2. The largest absolute Gasteiger partial charge is 0.366 e. The molecular weight excluding hydrogens is 250 g/mol. The highest BCUT2D eigenvalue weighted by molar-refractivity contribution is 5.56. The van der Waals surface area contributed by atoms with Crippen LogP contribution in [0.2, 0.25) is 0 Å². The molecule has 1 aromatic carbocycles. The van der Waals surface area contributed by atoms with E-state index in [0.717, 1.165) is 24.3 Å². The summed E-state index contributed by atoms with van der Waals surface area (Å²) in [7, 11) is 0. The summed E-state index contributed by atoms with van der Waals surface area (Å²) in [6.45, 7) is 6.70. The molecule has 2 aromatic rings. The predicted molar refractivity (Wildman–Crippen MR) is 82.5 cm³/mol. The number of hydrazine groups is 1. The molecule has 0 fully saturated rings. The van der Waals surface area contributed by atoms with E-state index in [-0.39, 0.29) is 0 Å². The molecule has 5 nitrogen and oxygen atoms in total. The van der Waals surface area contributed by atoms with Gasteiger partial charge < -0.3 is 10.7 Å². The molecule has 0 aliphatic heterocycles. The van der Waals surface area contributed by atoms with E-state index in [2.05, 4.69) is 51.9 Å². The van der Waals surface area contributed by atoms with Crippen molar-refractivity contribution in [1.82, 2.24) is 9.97 Å². The lowest BCUT2D eigenvalue weighted by Crippen LogP contribution is -2.14. The molecule has 0 unspecified atom stereocenters. The van der Waals surface area contributed by atoms with Crippen LogP contribution in [0.5, 0.6) is 0 Å². The van der Waals surface area contributed by atoms with Crippen LogP contribution in [0.4, 0.5) is 11.6 Å². The number of benzene rings is 1. The molecule has 0 aliphatic rings. The number of nitrogen functional groups attached to an aromatic ring is 1. The summed E-state index contributed by atoms with van der Waals surface area (Å²) >= 11 is 0. The third-order valence-electron chi connectivity index (χ3n) is 3.34. The highest BCUT2D eigenvalue weighted by atomic mass is 15.3.